The van der Waals surface area contributed by atoms with Crippen LogP contribution in [0.4, 0.5) is 0 Å². The zero-order chi connectivity index (χ0) is 29.2. The number of aliphatic hydroxyl groups is 1. The summed E-state index contributed by atoms with van der Waals surface area (Å²) in [6, 6.07) is 13.6. The van der Waals surface area contributed by atoms with Gasteiger partial charge in [-0.15, -0.1) is 0 Å². The number of rotatable bonds is 13. The van der Waals surface area contributed by atoms with Gasteiger partial charge in [0.05, 0.1) is 20.2 Å². The maximum absolute atomic E-state index is 12.7. The monoisotopic (exact) mass is 566 g/mol. The Morgan fingerprint density at radius 2 is 1.85 bits per heavy atom. The van der Waals surface area contributed by atoms with Crippen LogP contribution in [-0.4, -0.2) is 96.2 Å². The van der Waals surface area contributed by atoms with Gasteiger partial charge in [0.25, 0.3) is 0 Å². The van der Waals surface area contributed by atoms with Crippen LogP contribution in [0.25, 0.3) is 0 Å². The molecule has 0 radical (unpaired) electrons. The molecule has 1 fully saturated rings. The van der Waals surface area contributed by atoms with Crippen molar-refractivity contribution in [3.63, 3.8) is 0 Å². The van der Waals surface area contributed by atoms with Crippen molar-refractivity contribution in [1.82, 2.24) is 19.4 Å². The van der Waals surface area contributed by atoms with Gasteiger partial charge in [0, 0.05) is 52.1 Å². The largest absolute Gasteiger partial charge is 0.493 e. The van der Waals surface area contributed by atoms with Crippen LogP contribution < -0.4 is 14.2 Å². The Hall–Kier alpha value is -3.60. The van der Waals surface area contributed by atoms with E-state index in [1.165, 1.54) is 7.11 Å². The first-order chi connectivity index (χ1) is 19.8. The number of β-amino-alcohol motifs (C(OH)–C–C–N with tert-alkyl or cyclic N) is 1. The molecule has 1 aliphatic heterocycles. The van der Waals surface area contributed by atoms with Crippen LogP contribution in [0.1, 0.15) is 23.9 Å². The Labute approximate surface area is 242 Å². The van der Waals surface area contributed by atoms with Crippen molar-refractivity contribution in [1.29, 1.82) is 0 Å². The van der Waals surface area contributed by atoms with Crippen LogP contribution in [0.15, 0.2) is 54.9 Å². The molecule has 10 heteroatoms. The number of aryl methyl sites for hydroxylation is 2. The lowest BCUT2D eigenvalue weighted by molar-refractivity contribution is -0.138. The Kier molecular flexibility index (Phi) is 10.6. The second-order valence-electron chi connectivity index (χ2n) is 10.5. The number of benzene rings is 2. The third-order valence-corrected chi connectivity index (χ3v) is 7.18. The highest BCUT2D eigenvalue weighted by molar-refractivity contribution is 5.77. The minimum Gasteiger partial charge on any atom is -0.493 e. The lowest BCUT2D eigenvalue weighted by atomic mass is 10.0. The second-order valence-corrected chi connectivity index (χ2v) is 10.5. The molecule has 41 heavy (non-hydrogen) atoms. The maximum Gasteiger partial charge on any atom is 0.248 e. The number of imidazole rings is 1. The predicted molar refractivity (Wildman–Crippen MR) is 155 cm³/mol. The Bertz CT molecular complexity index is 1260. The number of amides is 1. The van der Waals surface area contributed by atoms with Gasteiger partial charge in [-0.1, -0.05) is 30.7 Å². The van der Waals surface area contributed by atoms with Gasteiger partial charge in [0.1, 0.15) is 37.0 Å². The zero-order valence-corrected chi connectivity index (χ0v) is 24.5. The normalized spacial score (nSPS) is 17.7. The first-order valence-electron chi connectivity index (χ1n) is 14.0. The molecule has 0 bridgehead atoms. The molecule has 3 aromatic rings. The highest BCUT2D eigenvalue weighted by Crippen LogP contribution is 2.29. The first-order valence-corrected chi connectivity index (χ1v) is 14.0. The van der Waals surface area contributed by atoms with Gasteiger partial charge in [-0.3, -0.25) is 9.69 Å². The molecule has 10 nitrogen and oxygen atoms in total. The van der Waals surface area contributed by atoms with Gasteiger partial charge in [-0.25, -0.2) is 4.98 Å². The van der Waals surface area contributed by atoms with E-state index in [4.69, 9.17) is 18.9 Å². The molecule has 4 rings (SSSR count). The third kappa shape index (κ3) is 8.45. The van der Waals surface area contributed by atoms with Crippen molar-refractivity contribution in [2.75, 3.05) is 60.2 Å². The molecule has 1 N–H and O–H groups in total. The molecular weight excluding hydrogens is 524 g/mol. The van der Waals surface area contributed by atoms with Gasteiger partial charge in [-0.2, -0.15) is 0 Å². The number of aromatic nitrogens is 2. The summed E-state index contributed by atoms with van der Waals surface area (Å²) in [5.41, 5.74) is 0.863. The molecule has 2 heterocycles. The maximum atomic E-state index is 12.7. The molecule has 1 atom stereocenters. The topological polar surface area (TPSA) is 98.5 Å². The lowest BCUT2D eigenvalue weighted by Gasteiger charge is -2.33. The predicted octanol–water partition coefficient (Wildman–Crippen LogP) is 2.94. The van der Waals surface area contributed by atoms with Gasteiger partial charge in [0.2, 0.25) is 5.91 Å². The molecule has 1 aromatic heterocycles. The molecule has 2 aromatic carbocycles. The van der Waals surface area contributed by atoms with E-state index in [1.807, 2.05) is 55.6 Å². The molecular formula is C31H42N4O6. The summed E-state index contributed by atoms with van der Waals surface area (Å²) in [5.74, 6) is 2.86. The van der Waals surface area contributed by atoms with Crippen LogP contribution >= 0.6 is 0 Å². The van der Waals surface area contributed by atoms with Crippen LogP contribution in [-0.2, 0) is 29.0 Å². The number of hydrogen-bond donors (Lipinski definition) is 1. The van der Waals surface area contributed by atoms with E-state index in [9.17, 15) is 9.90 Å². The van der Waals surface area contributed by atoms with Crippen molar-refractivity contribution in [3.8, 4) is 17.2 Å². The minimum absolute atomic E-state index is 0.0336. The quantitative estimate of drug-likeness (QED) is 0.337. The van der Waals surface area contributed by atoms with Crippen molar-refractivity contribution in [3.05, 3.63) is 71.8 Å². The molecule has 1 saturated heterocycles. The van der Waals surface area contributed by atoms with Gasteiger partial charge >= 0.3 is 0 Å². The van der Waals surface area contributed by atoms with Crippen molar-refractivity contribution in [2.45, 2.75) is 39.0 Å². The Morgan fingerprint density at radius 1 is 1.05 bits per heavy atom. The average molecular weight is 567 g/mol. The van der Waals surface area contributed by atoms with Crippen LogP contribution in [0.5, 0.6) is 17.2 Å². The summed E-state index contributed by atoms with van der Waals surface area (Å²) in [6.07, 6.45) is 4.63. The summed E-state index contributed by atoms with van der Waals surface area (Å²) in [6.45, 7) is 7.42. The fourth-order valence-electron chi connectivity index (χ4n) is 5.05. The standard InChI is InChI=1S/C31H42N4O6/c1-5-29-32-12-13-34(29)16-17-40-27-11-8-25(18-28(27)39-4)19-33-14-15-35(30(36)20-38-3)22-31(37,21-33)23-41-26-9-6-24(2)7-10-26/h6-13,18,37H,5,14-17,19-23H2,1-4H3/t31-/m0/s1. The lowest BCUT2D eigenvalue weighted by Crippen LogP contribution is -2.52. The fraction of sp³-hybridized carbons (Fsp3) is 0.484. The average Bonchev–Trinajstić information content (AvgIpc) is 3.35. The van der Waals surface area contributed by atoms with E-state index in [1.54, 1.807) is 18.2 Å². The Balaban J connectivity index is 1.43. The van der Waals surface area contributed by atoms with E-state index in [0.29, 0.717) is 56.6 Å². The molecule has 1 amide bonds. The van der Waals surface area contributed by atoms with E-state index in [-0.39, 0.29) is 25.7 Å². The summed E-state index contributed by atoms with van der Waals surface area (Å²) in [4.78, 5) is 20.9. The summed E-state index contributed by atoms with van der Waals surface area (Å²) >= 11 is 0. The molecule has 0 spiro atoms. The van der Waals surface area contributed by atoms with E-state index >= 15 is 0 Å². The number of ether oxygens (including phenoxy) is 4. The summed E-state index contributed by atoms with van der Waals surface area (Å²) in [7, 11) is 3.12. The van der Waals surface area contributed by atoms with Crippen LogP contribution in [0.3, 0.4) is 0 Å². The first kappa shape index (κ1) is 30.4. The van der Waals surface area contributed by atoms with Gasteiger partial charge in [0.15, 0.2) is 11.5 Å². The molecule has 222 valence electrons. The SMILES string of the molecule is CCc1nccn1CCOc1ccc(CN2CCN(C(=O)COC)C[C@](O)(COc3ccc(C)cc3)C2)cc1OC. The third-order valence-electron chi connectivity index (χ3n) is 7.18. The van der Waals surface area contributed by atoms with Crippen LogP contribution in [0.2, 0.25) is 0 Å². The molecule has 0 unspecified atom stereocenters. The number of methoxy groups -OCH3 is 2. The van der Waals surface area contributed by atoms with Crippen LogP contribution in [0, 0.1) is 6.92 Å². The summed E-state index contributed by atoms with van der Waals surface area (Å²) < 4.78 is 24.8. The zero-order valence-electron chi connectivity index (χ0n) is 24.5. The van der Waals surface area contributed by atoms with E-state index in [2.05, 4.69) is 21.4 Å². The van der Waals surface area contributed by atoms with Gasteiger partial charge in [-0.05, 0) is 36.8 Å². The molecule has 1 aliphatic rings. The number of carbonyl (C=O) groups is 1. The van der Waals surface area contributed by atoms with Crippen molar-refractivity contribution >= 4 is 5.91 Å². The highest BCUT2D eigenvalue weighted by atomic mass is 16.5. The van der Waals surface area contributed by atoms with Crippen molar-refractivity contribution in [2.24, 2.45) is 0 Å². The Morgan fingerprint density at radius 3 is 2.59 bits per heavy atom. The number of carbonyl (C=O) groups excluding carboxylic acids is 1. The van der Waals surface area contributed by atoms with E-state index < -0.39 is 5.60 Å². The molecule has 0 aliphatic carbocycles. The van der Waals surface area contributed by atoms with E-state index in [0.717, 1.165) is 23.4 Å². The second kappa shape index (κ2) is 14.3. The van der Waals surface area contributed by atoms with Crippen molar-refractivity contribution < 1.29 is 28.8 Å². The smallest absolute Gasteiger partial charge is 0.248 e. The minimum atomic E-state index is -1.28. The summed E-state index contributed by atoms with van der Waals surface area (Å²) in [5, 5.41) is 11.7. The number of nitrogens with zero attached hydrogens (tertiary/aromatic N) is 4. The van der Waals surface area contributed by atoms with Gasteiger partial charge < -0.3 is 33.5 Å². The fourth-order valence-corrected chi connectivity index (χ4v) is 5.05. The molecule has 0 saturated carbocycles. The number of hydrogen-bond acceptors (Lipinski definition) is 8. The highest BCUT2D eigenvalue weighted by Gasteiger charge is 2.37.